The van der Waals surface area contributed by atoms with Crippen molar-refractivity contribution < 1.29 is 9.59 Å². The van der Waals surface area contributed by atoms with E-state index in [1.54, 1.807) is 14.1 Å². The van der Waals surface area contributed by atoms with Crippen molar-refractivity contribution in [1.82, 2.24) is 10.2 Å². The summed E-state index contributed by atoms with van der Waals surface area (Å²) in [5.41, 5.74) is 7.00. The Hall–Kier alpha value is -1.88. The molecule has 5 heteroatoms. The second kappa shape index (κ2) is 8.32. The minimum atomic E-state index is -0.537. The molecule has 0 aromatic heterocycles. The molecule has 5 nitrogen and oxygen atoms in total. The first-order valence-electron chi connectivity index (χ1n) is 6.78. The number of rotatable bonds is 7. The fourth-order valence-electron chi connectivity index (χ4n) is 1.75. The fourth-order valence-corrected chi connectivity index (χ4v) is 1.75. The van der Waals surface area contributed by atoms with E-state index in [4.69, 9.17) is 5.73 Å². The van der Waals surface area contributed by atoms with Crippen molar-refractivity contribution in [3.8, 4) is 0 Å². The number of hydrogen-bond acceptors (Lipinski definition) is 3. The monoisotopic (exact) mass is 277 g/mol. The molecule has 0 saturated carbocycles. The number of hydrogen-bond donors (Lipinski definition) is 2. The second-order valence-electron chi connectivity index (χ2n) is 4.96. The molecule has 1 unspecified atom stereocenters. The van der Waals surface area contributed by atoms with Crippen LogP contribution in [0.3, 0.4) is 0 Å². The van der Waals surface area contributed by atoms with Crippen LogP contribution in [0.5, 0.6) is 0 Å². The summed E-state index contributed by atoms with van der Waals surface area (Å²) in [6.45, 7) is 0.328. The van der Waals surface area contributed by atoms with Crippen LogP contribution in [0.1, 0.15) is 18.4 Å². The number of nitrogens with zero attached hydrogens (tertiary/aromatic N) is 1. The van der Waals surface area contributed by atoms with Crippen molar-refractivity contribution in [3.05, 3.63) is 35.9 Å². The molecule has 0 aliphatic carbocycles. The zero-order chi connectivity index (χ0) is 15.0. The van der Waals surface area contributed by atoms with Gasteiger partial charge in [0.15, 0.2) is 0 Å². The smallest absolute Gasteiger partial charge is 0.236 e. The van der Waals surface area contributed by atoms with Crippen molar-refractivity contribution in [2.24, 2.45) is 5.73 Å². The molecule has 0 bridgehead atoms. The van der Waals surface area contributed by atoms with Gasteiger partial charge in [-0.15, -0.1) is 0 Å². The van der Waals surface area contributed by atoms with Crippen molar-refractivity contribution in [3.63, 3.8) is 0 Å². The molecule has 20 heavy (non-hydrogen) atoms. The predicted molar refractivity (Wildman–Crippen MR) is 79.1 cm³/mol. The van der Waals surface area contributed by atoms with Gasteiger partial charge in [0.05, 0.1) is 6.04 Å². The van der Waals surface area contributed by atoms with Crippen LogP contribution in [0.4, 0.5) is 0 Å². The third-order valence-corrected chi connectivity index (χ3v) is 3.06. The number of benzene rings is 1. The molecule has 1 rings (SSSR count). The molecule has 1 atom stereocenters. The molecular formula is C15H23N3O2. The van der Waals surface area contributed by atoms with Gasteiger partial charge < -0.3 is 16.0 Å². The molecule has 3 N–H and O–H groups in total. The first kappa shape index (κ1) is 16.2. The summed E-state index contributed by atoms with van der Waals surface area (Å²) in [5.74, 6) is -0.212. The van der Waals surface area contributed by atoms with E-state index in [1.165, 1.54) is 10.5 Å². The Morgan fingerprint density at radius 2 is 1.90 bits per heavy atom. The van der Waals surface area contributed by atoms with Gasteiger partial charge in [-0.2, -0.15) is 0 Å². The van der Waals surface area contributed by atoms with Gasteiger partial charge >= 0.3 is 0 Å². The van der Waals surface area contributed by atoms with Gasteiger partial charge in [0, 0.05) is 27.1 Å². The van der Waals surface area contributed by atoms with Crippen LogP contribution >= 0.6 is 0 Å². The average Bonchev–Trinajstić information content (AvgIpc) is 2.45. The molecule has 1 aromatic rings. The first-order valence-corrected chi connectivity index (χ1v) is 6.78. The summed E-state index contributed by atoms with van der Waals surface area (Å²) in [4.78, 5) is 24.6. The molecule has 0 fully saturated rings. The molecule has 110 valence electrons. The molecule has 0 saturated heterocycles. The van der Waals surface area contributed by atoms with Crippen LogP contribution in [0.25, 0.3) is 0 Å². The Morgan fingerprint density at radius 3 is 2.50 bits per heavy atom. The number of carbonyl (C=O) groups excluding carboxylic acids is 2. The van der Waals surface area contributed by atoms with E-state index in [-0.39, 0.29) is 11.8 Å². The van der Waals surface area contributed by atoms with Gasteiger partial charge in [-0.3, -0.25) is 9.59 Å². The van der Waals surface area contributed by atoms with Crippen molar-refractivity contribution in [2.45, 2.75) is 25.3 Å². The largest absolute Gasteiger partial charge is 0.354 e. The standard InChI is InChI=1S/C15H23N3O2/c1-18(2)14(19)10-11-17-15(20)13(16)9-8-12-6-4-3-5-7-12/h3-7,13H,8-11,16H2,1-2H3,(H,17,20). The zero-order valence-electron chi connectivity index (χ0n) is 12.1. The molecule has 2 amide bonds. The maximum Gasteiger partial charge on any atom is 0.236 e. The Kier molecular flexibility index (Phi) is 6.73. The summed E-state index contributed by atoms with van der Waals surface area (Å²) in [5, 5.41) is 2.69. The normalized spacial score (nSPS) is 11.8. The van der Waals surface area contributed by atoms with Crippen LogP contribution in [-0.2, 0) is 16.0 Å². The van der Waals surface area contributed by atoms with E-state index in [2.05, 4.69) is 5.32 Å². The van der Waals surface area contributed by atoms with Gasteiger partial charge in [-0.1, -0.05) is 30.3 Å². The van der Waals surface area contributed by atoms with Crippen molar-refractivity contribution in [1.29, 1.82) is 0 Å². The lowest BCUT2D eigenvalue weighted by Crippen LogP contribution is -2.42. The highest BCUT2D eigenvalue weighted by Gasteiger charge is 2.13. The molecule has 0 radical (unpaired) electrons. The van der Waals surface area contributed by atoms with Crippen molar-refractivity contribution >= 4 is 11.8 Å². The second-order valence-corrected chi connectivity index (χ2v) is 4.96. The molecule has 1 aromatic carbocycles. The lowest BCUT2D eigenvalue weighted by Gasteiger charge is -2.13. The quantitative estimate of drug-likeness (QED) is 0.764. The highest BCUT2D eigenvalue weighted by Crippen LogP contribution is 2.04. The SMILES string of the molecule is CN(C)C(=O)CCNC(=O)C(N)CCc1ccccc1. The lowest BCUT2D eigenvalue weighted by molar-refractivity contribution is -0.128. The minimum absolute atomic E-state index is 0.0110. The third kappa shape index (κ3) is 5.84. The number of nitrogens with two attached hydrogens (primary N) is 1. The third-order valence-electron chi connectivity index (χ3n) is 3.06. The predicted octanol–water partition coefficient (Wildman–Crippen LogP) is 0.541. The number of amides is 2. The zero-order valence-corrected chi connectivity index (χ0v) is 12.1. The minimum Gasteiger partial charge on any atom is -0.354 e. The van der Waals surface area contributed by atoms with Gasteiger partial charge in [-0.25, -0.2) is 0 Å². The molecule has 0 heterocycles. The van der Waals surface area contributed by atoms with E-state index >= 15 is 0 Å². The molecule has 0 aliphatic rings. The Labute approximate surface area is 120 Å². The molecule has 0 aliphatic heterocycles. The Balaban J connectivity index is 2.24. The summed E-state index contributed by atoms with van der Waals surface area (Å²) in [6.07, 6.45) is 1.66. The van der Waals surface area contributed by atoms with E-state index in [9.17, 15) is 9.59 Å². The van der Waals surface area contributed by atoms with E-state index in [0.717, 1.165) is 6.42 Å². The van der Waals surface area contributed by atoms with Crippen LogP contribution in [0.2, 0.25) is 0 Å². The van der Waals surface area contributed by atoms with Gasteiger partial charge in [0.1, 0.15) is 0 Å². The van der Waals surface area contributed by atoms with E-state index in [0.29, 0.717) is 19.4 Å². The number of aryl methyl sites for hydroxylation is 1. The lowest BCUT2D eigenvalue weighted by atomic mass is 10.1. The Morgan fingerprint density at radius 1 is 1.25 bits per heavy atom. The van der Waals surface area contributed by atoms with Gasteiger partial charge in [-0.05, 0) is 18.4 Å². The summed E-state index contributed by atoms with van der Waals surface area (Å²) < 4.78 is 0. The van der Waals surface area contributed by atoms with Gasteiger partial charge in [0.25, 0.3) is 0 Å². The fraction of sp³-hybridized carbons (Fsp3) is 0.467. The number of nitrogens with one attached hydrogen (secondary N) is 1. The maximum absolute atomic E-state index is 11.8. The summed E-state index contributed by atoms with van der Waals surface area (Å²) in [6, 6.07) is 9.38. The number of carbonyl (C=O) groups is 2. The van der Waals surface area contributed by atoms with Crippen molar-refractivity contribution in [2.75, 3.05) is 20.6 Å². The van der Waals surface area contributed by atoms with E-state index < -0.39 is 6.04 Å². The Bertz CT molecular complexity index is 432. The first-order chi connectivity index (χ1) is 9.50. The highest BCUT2D eigenvalue weighted by atomic mass is 16.2. The average molecular weight is 277 g/mol. The van der Waals surface area contributed by atoms with Gasteiger partial charge in [0.2, 0.25) is 11.8 Å². The summed E-state index contributed by atoms with van der Waals surface area (Å²) in [7, 11) is 3.38. The highest BCUT2D eigenvalue weighted by molar-refractivity contribution is 5.82. The maximum atomic E-state index is 11.8. The summed E-state index contributed by atoms with van der Waals surface area (Å²) >= 11 is 0. The van der Waals surface area contributed by atoms with Crippen LogP contribution in [-0.4, -0.2) is 43.4 Å². The molecule has 0 spiro atoms. The van der Waals surface area contributed by atoms with Crippen LogP contribution in [0, 0.1) is 0 Å². The van der Waals surface area contributed by atoms with Crippen LogP contribution in [0.15, 0.2) is 30.3 Å². The molecular weight excluding hydrogens is 254 g/mol. The van der Waals surface area contributed by atoms with Crippen LogP contribution < -0.4 is 11.1 Å². The van der Waals surface area contributed by atoms with E-state index in [1.807, 2.05) is 30.3 Å². The topological polar surface area (TPSA) is 75.4 Å².